The SMILES string of the molecule is O=C(CNCc1ccccc1)NC1CCCN(CC2COc3ccccc3O2)C1. The highest BCUT2D eigenvalue weighted by molar-refractivity contribution is 5.78. The molecule has 6 nitrogen and oxygen atoms in total. The van der Waals surface area contributed by atoms with Crippen molar-refractivity contribution in [3.05, 3.63) is 60.2 Å². The molecule has 2 atom stereocenters. The van der Waals surface area contributed by atoms with Gasteiger partial charge in [0, 0.05) is 25.7 Å². The van der Waals surface area contributed by atoms with Gasteiger partial charge in [0.2, 0.25) is 5.91 Å². The number of benzene rings is 2. The van der Waals surface area contributed by atoms with E-state index in [1.54, 1.807) is 0 Å². The summed E-state index contributed by atoms with van der Waals surface area (Å²) < 4.78 is 11.9. The number of hydrogen-bond acceptors (Lipinski definition) is 5. The van der Waals surface area contributed by atoms with E-state index in [1.165, 1.54) is 5.56 Å². The van der Waals surface area contributed by atoms with Crippen LogP contribution >= 0.6 is 0 Å². The molecule has 4 rings (SSSR count). The lowest BCUT2D eigenvalue weighted by Crippen LogP contribution is -2.52. The van der Waals surface area contributed by atoms with Gasteiger partial charge in [-0.05, 0) is 37.1 Å². The highest BCUT2D eigenvalue weighted by Crippen LogP contribution is 2.31. The fraction of sp³-hybridized carbons (Fsp3) is 0.435. The topological polar surface area (TPSA) is 62.8 Å². The Bertz CT molecular complexity index is 799. The fourth-order valence-corrected chi connectivity index (χ4v) is 3.98. The van der Waals surface area contributed by atoms with Crippen molar-refractivity contribution in [2.24, 2.45) is 0 Å². The van der Waals surface area contributed by atoms with Gasteiger partial charge in [-0.3, -0.25) is 9.69 Å². The number of carbonyl (C=O) groups excluding carboxylic acids is 1. The standard InChI is InChI=1S/C23H29N3O3/c27-23(14-24-13-18-7-2-1-3-8-18)25-19-9-6-12-26(15-19)16-20-17-28-21-10-4-5-11-22(21)29-20/h1-5,7-8,10-11,19-20,24H,6,9,12-17H2,(H,25,27). The molecule has 1 saturated heterocycles. The summed E-state index contributed by atoms with van der Waals surface area (Å²) in [5.41, 5.74) is 1.18. The number of nitrogens with zero attached hydrogens (tertiary/aromatic N) is 1. The van der Waals surface area contributed by atoms with Gasteiger partial charge in [-0.2, -0.15) is 0 Å². The van der Waals surface area contributed by atoms with Gasteiger partial charge in [0.25, 0.3) is 0 Å². The van der Waals surface area contributed by atoms with Gasteiger partial charge in [0.05, 0.1) is 6.54 Å². The zero-order chi connectivity index (χ0) is 19.9. The van der Waals surface area contributed by atoms with Crippen molar-refractivity contribution in [1.82, 2.24) is 15.5 Å². The molecule has 2 heterocycles. The summed E-state index contributed by atoms with van der Waals surface area (Å²) in [5, 5.41) is 6.39. The normalized spacial score (nSPS) is 21.5. The minimum Gasteiger partial charge on any atom is -0.486 e. The first kappa shape index (κ1) is 19.7. The van der Waals surface area contributed by atoms with Crippen LogP contribution in [-0.4, -0.2) is 55.7 Å². The molecular formula is C23H29N3O3. The van der Waals surface area contributed by atoms with E-state index in [-0.39, 0.29) is 18.1 Å². The van der Waals surface area contributed by atoms with Gasteiger partial charge in [-0.15, -0.1) is 0 Å². The summed E-state index contributed by atoms with van der Waals surface area (Å²) >= 11 is 0. The number of amides is 1. The average Bonchev–Trinajstić information content (AvgIpc) is 2.75. The predicted molar refractivity (Wildman–Crippen MR) is 112 cm³/mol. The third-order valence-electron chi connectivity index (χ3n) is 5.36. The van der Waals surface area contributed by atoms with Crippen LogP contribution in [-0.2, 0) is 11.3 Å². The molecule has 2 aromatic carbocycles. The Morgan fingerprint density at radius 1 is 1.07 bits per heavy atom. The lowest BCUT2D eigenvalue weighted by molar-refractivity contribution is -0.121. The first-order valence-electron chi connectivity index (χ1n) is 10.4. The van der Waals surface area contributed by atoms with Crippen LogP contribution in [0.2, 0.25) is 0 Å². The highest BCUT2D eigenvalue weighted by atomic mass is 16.6. The molecule has 2 unspecified atom stereocenters. The number of hydrogen-bond donors (Lipinski definition) is 2. The summed E-state index contributed by atoms with van der Waals surface area (Å²) in [6.07, 6.45) is 2.12. The molecule has 0 aliphatic carbocycles. The van der Waals surface area contributed by atoms with Crippen molar-refractivity contribution in [1.29, 1.82) is 0 Å². The molecule has 1 fully saturated rings. The van der Waals surface area contributed by atoms with Crippen molar-refractivity contribution in [2.45, 2.75) is 31.5 Å². The number of carbonyl (C=O) groups is 1. The molecule has 154 valence electrons. The van der Waals surface area contributed by atoms with Crippen LogP contribution in [0.15, 0.2) is 54.6 Å². The van der Waals surface area contributed by atoms with Gasteiger partial charge in [0.15, 0.2) is 11.5 Å². The van der Waals surface area contributed by atoms with E-state index in [2.05, 4.69) is 27.7 Å². The molecule has 0 saturated carbocycles. The zero-order valence-electron chi connectivity index (χ0n) is 16.7. The van der Waals surface area contributed by atoms with Crippen LogP contribution in [0.1, 0.15) is 18.4 Å². The molecule has 0 bridgehead atoms. The maximum absolute atomic E-state index is 12.3. The molecule has 2 aromatic rings. The fourth-order valence-electron chi connectivity index (χ4n) is 3.98. The van der Waals surface area contributed by atoms with Crippen molar-refractivity contribution < 1.29 is 14.3 Å². The van der Waals surface area contributed by atoms with Crippen LogP contribution in [0.4, 0.5) is 0 Å². The van der Waals surface area contributed by atoms with Gasteiger partial charge in [-0.25, -0.2) is 0 Å². The van der Waals surface area contributed by atoms with Crippen molar-refractivity contribution in [3.8, 4) is 11.5 Å². The predicted octanol–water partition coefficient (Wildman–Crippen LogP) is 2.20. The monoisotopic (exact) mass is 395 g/mol. The van der Waals surface area contributed by atoms with Crippen LogP contribution in [0.25, 0.3) is 0 Å². The smallest absolute Gasteiger partial charge is 0.234 e. The second-order valence-electron chi connectivity index (χ2n) is 7.75. The minimum absolute atomic E-state index is 0.0203. The van der Waals surface area contributed by atoms with Crippen molar-refractivity contribution >= 4 is 5.91 Å². The van der Waals surface area contributed by atoms with Gasteiger partial charge >= 0.3 is 0 Å². The highest BCUT2D eigenvalue weighted by Gasteiger charge is 2.27. The summed E-state index contributed by atoms with van der Waals surface area (Å²) in [7, 11) is 0. The Morgan fingerprint density at radius 2 is 1.86 bits per heavy atom. The Balaban J connectivity index is 1.19. The third-order valence-corrected chi connectivity index (χ3v) is 5.36. The molecule has 2 aliphatic heterocycles. The second-order valence-corrected chi connectivity index (χ2v) is 7.75. The summed E-state index contributed by atoms with van der Waals surface area (Å²) in [5.74, 6) is 1.68. The number of para-hydroxylation sites is 2. The zero-order valence-corrected chi connectivity index (χ0v) is 16.7. The van der Waals surface area contributed by atoms with Crippen molar-refractivity contribution in [2.75, 3.05) is 32.8 Å². The summed E-state index contributed by atoms with van der Waals surface area (Å²) in [6, 6.07) is 18.1. The number of piperidine rings is 1. The number of fused-ring (bicyclic) bond motifs is 1. The number of rotatable bonds is 7. The molecule has 6 heteroatoms. The quantitative estimate of drug-likeness (QED) is 0.753. The lowest BCUT2D eigenvalue weighted by atomic mass is 10.1. The summed E-state index contributed by atoms with van der Waals surface area (Å²) in [4.78, 5) is 14.7. The summed E-state index contributed by atoms with van der Waals surface area (Å²) in [6.45, 7) is 4.29. The van der Waals surface area contributed by atoms with Crippen LogP contribution in [0, 0.1) is 0 Å². The number of nitrogens with one attached hydrogen (secondary N) is 2. The van der Waals surface area contributed by atoms with E-state index in [0.29, 0.717) is 19.7 Å². The van der Waals surface area contributed by atoms with Crippen molar-refractivity contribution in [3.63, 3.8) is 0 Å². The van der Waals surface area contributed by atoms with Crippen LogP contribution in [0.3, 0.4) is 0 Å². The van der Waals surface area contributed by atoms with E-state index in [9.17, 15) is 4.79 Å². The van der Waals surface area contributed by atoms with E-state index >= 15 is 0 Å². The lowest BCUT2D eigenvalue weighted by Gasteiger charge is -2.36. The molecule has 0 radical (unpaired) electrons. The van der Waals surface area contributed by atoms with E-state index < -0.39 is 0 Å². The molecule has 1 amide bonds. The van der Waals surface area contributed by atoms with E-state index in [1.807, 2.05) is 42.5 Å². The van der Waals surface area contributed by atoms with E-state index in [4.69, 9.17) is 9.47 Å². The maximum Gasteiger partial charge on any atom is 0.234 e. The molecular weight excluding hydrogens is 366 g/mol. The molecule has 0 spiro atoms. The van der Waals surface area contributed by atoms with Crippen LogP contribution in [0.5, 0.6) is 11.5 Å². The molecule has 2 aliphatic rings. The van der Waals surface area contributed by atoms with Crippen LogP contribution < -0.4 is 20.1 Å². The first-order chi connectivity index (χ1) is 14.3. The minimum atomic E-state index is 0.0203. The molecule has 2 N–H and O–H groups in total. The Hall–Kier alpha value is -2.57. The second kappa shape index (κ2) is 9.76. The largest absolute Gasteiger partial charge is 0.486 e. The first-order valence-corrected chi connectivity index (χ1v) is 10.4. The number of ether oxygens (including phenoxy) is 2. The average molecular weight is 396 g/mol. The molecule has 0 aromatic heterocycles. The Kier molecular flexibility index (Phi) is 6.64. The Morgan fingerprint density at radius 3 is 2.72 bits per heavy atom. The van der Waals surface area contributed by atoms with Gasteiger partial charge < -0.3 is 20.1 Å². The molecule has 29 heavy (non-hydrogen) atoms. The van der Waals surface area contributed by atoms with Gasteiger partial charge in [0.1, 0.15) is 12.7 Å². The Labute approximate surface area is 172 Å². The van der Waals surface area contributed by atoms with Gasteiger partial charge in [-0.1, -0.05) is 42.5 Å². The number of likely N-dealkylation sites (tertiary alicyclic amines) is 1. The maximum atomic E-state index is 12.3. The third kappa shape index (κ3) is 5.71. The van der Waals surface area contributed by atoms with E-state index in [0.717, 1.165) is 44.0 Å².